The first-order chi connectivity index (χ1) is 7.91. The van der Waals surface area contributed by atoms with E-state index in [-0.39, 0.29) is 0 Å². The molecule has 0 saturated heterocycles. The lowest BCUT2D eigenvalue weighted by atomic mass is 10.2. The highest BCUT2D eigenvalue weighted by molar-refractivity contribution is 5.94. The quantitative estimate of drug-likeness (QED) is 0.817. The monoisotopic (exact) mass is 270 g/mol. The number of hydrogen-bond donors (Lipinski definition) is 2. The van der Waals surface area contributed by atoms with E-state index in [9.17, 15) is 22.8 Å². The number of alkyl halides is 3. The van der Waals surface area contributed by atoms with Gasteiger partial charge in [0.15, 0.2) is 0 Å². The van der Waals surface area contributed by atoms with Crippen LogP contribution in [0.3, 0.4) is 0 Å². The molecule has 0 rings (SSSR count). The van der Waals surface area contributed by atoms with Crippen LogP contribution in [0.1, 0.15) is 27.7 Å². The maximum atomic E-state index is 11.9. The molecule has 0 heterocycles. The van der Waals surface area contributed by atoms with Crippen LogP contribution < -0.4 is 10.6 Å². The molecule has 1 atom stereocenters. The molecule has 0 aromatic rings. The minimum Gasteiger partial charge on any atom is -0.444 e. The Kier molecular flexibility index (Phi) is 5.59. The van der Waals surface area contributed by atoms with E-state index >= 15 is 0 Å². The van der Waals surface area contributed by atoms with Crippen molar-refractivity contribution >= 4 is 12.0 Å². The number of amides is 2. The molecule has 5 nitrogen and oxygen atoms in total. The number of halogens is 3. The third-order valence-electron chi connectivity index (χ3n) is 1.63. The minimum atomic E-state index is -4.42. The lowest BCUT2D eigenvalue weighted by molar-refractivity contribution is -0.131. The van der Waals surface area contributed by atoms with Crippen LogP contribution >= 0.6 is 0 Å². The number of ether oxygens (including phenoxy) is 1. The van der Waals surface area contributed by atoms with Gasteiger partial charge in [-0.05, 0) is 27.7 Å². The SMILES string of the molecule is C[C@@H](NCC(F)(F)F)C(=O)NC(=O)OC(C)(C)C. The number of carbonyl (C=O) groups is 2. The predicted molar refractivity (Wildman–Crippen MR) is 57.9 cm³/mol. The Morgan fingerprint density at radius 3 is 2.11 bits per heavy atom. The number of carbonyl (C=O) groups excluding carboxylic acids is 2. The van der Waals surface area contributed by atoms with Crippen LogP contribution in [0.2, 0.25) is 0 Å². The molecule has 0 spiro atoms. The second-order valence-corrected chi connectivity index (χ2v) is 4.71. The van der Waals surface area contributed by atoms with E-state index in [4.69, 9.17) is 4.74 Å². The van der Waals surface area contributed by atoms with Crippen LogP contribution in [0.5, 0.6) is 0 Å². The van der Waals surface area contributed by atoms with Gasteiger partial charge in [0.05, 0.1) is 12.6 Å². The van der Waals surface area contributed by atoms with E-state index in [1.54, 1.807) is 20.8 Å². The Morgan fingerprint density at radius 1 is 1.22 bits per heavy atom. The Labute approximate surface area is 103 Å². The lowest BCUT2D eigenvalue weighted by Gasteiger charge is -2.20. The molecule has 106 valence electrons. The highest BCUT2D eigenvalue weighted by Crippen LogP contribution is 2.12. The molecule has 0 bridgehead atoms. The summed E-state index contributed by atoms with van der Waals surface area (Å²) in [6.07, 6.45) is -5.41. The van der Waals surface area contributed by atoms with Crippen LogP contribution in [0, 0.1) is 0 Å². The summed E-state index contributed by atoms with van der Waals surface area (Å²) in [5.74, 6) is -0.881. The van der Waals surface area contributed by atoms with Gasteiger partial charge in [-0.25, -0.2) is 4.79 Å². The van der Waals surface area contributed by atoms with Gasteiger partial charge in [-0.2, -0.15) is 13.2 Å². The van der Waals surface area contributed by atoms with Gasteiger partial charge in [0.25, 0.3) is 0 Å². The summed E-state index contributed by atoms with van der Waals surface area (Å²) in [6, 6.07) is -1.15. The summed E-state index contributed by atoms with van der Waals surface area (Å²) in [7, 11) is 0. The highest BCUT2D eigenvalue weighted by atomic mass is 19.4. The van der Waals surface area contributed by atoms with Crippen molar-refractivity contribution < 1.29 is 27.5 Å². The van der Waals surface area contributed by atoms with Crippen molar-refractivity contribution in [3.63, 3.8) is 0 Å². The first-order valence-corrected chi connectivity index (χ1v) is 5.25. The molecule has 0 aliphatic rings. The Balaban J connectivity index is 4.13. The van der Waals surface area contributed by atoms with Gasteiger partial charge >= 0.3 is 12.3 Å². The van der Waals surface area contributed by atoms with Gasteiger partial charge in [-0.15, -0.1) is 0 Å². The van der Waals surface area contributed by atoms with Gasteiger partial charge in [-0.1, -0.05) is 0 Å². The zero-order chi connectivity index (χ0) is 14.6. The van der Waals surface area contributed by atoms with Crippen molar-refractivity contribution in [2.24, 2.45) is 0 Å². The number of rotatable bonds is 3. The summed E-state index contributed by atoms with van der Waals surface area (Å²) >= 11 is 0. The number of alkyl carbamates (subject to hydrolysis) is 1. The number of hydrogen-bond acceptors (Lipinski definition) is 4. The van der Waals surface area contributed by atoms with Gasteiger partial charge in [0, 0.05) is 0 Å². The standard InChI is InChI=1S/C10H17F3N2O3/c1-6(14-5-10(11,12)13)7(16)15-8(17)18-9(2,3)4/h6,14H,5H2,1-4H3,(H,15,16,17)/t6-/m1/s1. The molecule has 0 saturated carbocycles. The van der Waals surface area contributed by atoms with Crippen LogP contribution in [0.4, 0.5) is 18.0 Å². The molecule has 0 radical (unpaired) electrons. The fraction of sp³-hybridized carbons (Fsp3) is 0.800. The highest BCUT2D eigenvalue weighted by Gasteiger charge is 2.29. The molecule has 8 heteroatoms. The van der Waals surface area contributed by atoms with E-state index in [0.717, 1.165) is 0 Å². The van der Waals surface area contributed by atoms with Crippen LogP contribution in [-0.4, -0.2) is 36.4 Å². The maximum Gasteiger partial charge on any atom is 0.414 e. The van der Waals surface area contributed by atoms with E-state index in [2.05, 4.69) is 0 Å². The maximum absolute atomic E-state index is 11.9. The second-order valence-electron chi connectivity index (χ2n) is 4.71. The summed E-state index contributed by atoms with van der Waals surface area (Å²) in [4.78, 5) is 22.5. The van der Waals surface area contributed by atoms with Gasteiger partial charge in [0.2, 0.25) is 5.91 Å². The second kappa shape index (κ2) is 6.03. The van der Waals surface area contributed by atoms with Gasteiger partial charge in [0.1, 0.15) is 5.60 Å². The topological polar surface area (TPSA) is 67.4 Å². The van der Waals surface area contributed by atoms with E-state index < -0.39 is 36.4 Å². The van der Waals surface area contributed by atoms with Crippen molar-refractivity contribution in [2.75, 3.05) is 6.54 Å². The fourth-order valence-corrected chi connectivity index (χ4v) is 0.874. The van der Waals surface area contributed by atoms with Crippen LogP contribution in [0.15, 0.2) is 0 Å². The predicted octanol–water partition coefficient (Wildman–Crippen LogP) is 1.58. The molecule has 0 unspecified atom stereocenters. The lowest BCUT2D eigenvalue weighted by Crippen LogP contribution is -2.48. The normalized spacial score (nSPS) is 13.9. The van der Waals surface area contributed by atoms with Gasteiger partial charge < -0.3 is 4.74 Å². The Bertz CT molecular complexity index is 310. The molecule has 0 aromatic carbocycles. The number of nitrogens with one attached hydrogen (secondary N) is 2. The molecule has 2 N–H and O–H groups in total. The first-order valence-electron chi connectivity index (χ1n) is 5.25. The van der Waals surface area contributed by atoms with Crippen molar-refractivity contribution in [3.05, 3.63) is 0 Å². The Hall–Kier alpha value is -1.31. The first kappa shape index (κ1) is 16.7. The third-order valence-corrected chi connectivity index (χ3v) is 1.63. The zero-order valence-electron chi connectivity index (χ0n) is 10.6. The van der Waals surface area contributed by atoms with Gasteiger partial charge in [-0.3, -0.25) is 15.4 Å². The zero-order valence-corrected chi connectivity index (χ0v) is 10.6. The van der Waals surface area contributed by atoms with Crippen molar-refractivity contribution in [2.45, 2.75) is 45.5 Å². The minimum absolute atomic E-state index is 0.785. The van der Waals surface area contributed by atoms with Crippen molar-refractivity contribution in [3.8, 4) is 0 Å². The van der Waals surface area contributed by atoms with Crippen molar-refractivity contribution in [1.29, 1.82) is 0 Å². The van der Waals surface area contributed by atoms with Crippen LogP contribution in [0.25, 0.3) is 0 Å². The summed E-state index contributed by atoms with van der Waals surface area (Å²) < 4.78 is 40.4. The third kappa shape index (κ3) is 8.80. The van der Waals surface area contributed by atoms with E-state index in [0.29, 0.717) is 0 Å². The summed E-state index contributed by atoms with van der Waals surface area (Å²) in [5, 5.41) is 3.79. The van der Waals surface area contributed by atoms with Crippen molar-refractivity contribution in [1.82, 2.24) is 10.6 Å². The molecular formula is C10H17F3N2O3. The molecular weight excluding hydrogens is 253 g/mol. The van der Waals surface area contributed by atoms with E-state index in [1.807, 2.05) is 10.6 Å². The van der Waals surface area contributed by atoms with Crippen LogP contribution in [-0.2, 0) is 9.53 Å². The molecule has 0 aromatic heterocycles. The average molecular weight is 270 g/mol. The smallest absolute Gasteiger partial charge is 0.414 e. The number of imide groups is 1. The molecule has 0 aliphatic heterocycles. The molecule has 18 heavy (non-hydrogen) atoms. The Morgan fingerprint density at radius 2 is 1.72 bits per heavy atom. The van der Waals surface area contributed by atoms with E-state index in [1.165, 1.54) is 6.92 Å². The molecule has 0 fully saturated rings. The summed E-state index contributed by atoms with van der Waals surface area (Å²) in [6.45, 7) is 4.70. The average Bonchev–Trinajstić information content (AvgIpc) is 2.09. The molecule has 0 aliphatic carbocycles. The fourth-order valence-electron chi connectivity index (χ4n) is 0.874. The summed E-state index contributed by atoms with van der Waals surface area (Å²) in [5.41, 5.74) is -0.785. The largest absolute Gasteiger partial charge is 0.444 e. The molecule has 2 amide bonds.